The first-order chi connectivity index (χ1) is 13.6. The zero-order valence-corrected chi connectivity index (χ0v) is 15.3. The molecule has 140 valence electrons. The van der Waals surface area contributed by atoms with E-state index < -0.39 is 0 Å². The average Bonchev–Trinajstić information content (AvgIpc) is 3.26. The van der Waals surface area contributed by atoms with E-state index in [0.29, 0.717) is 23.1 Å². The van der Waals surface area contributed by atoms with Crippen molar-refractivity contribution in [3.8, 4) is 0 Å². The summed E-state index contributed by atoms with van der Waals surface area (Å²) in [6, 6.07) is 19.8. The van der Waals surface area contributed by atoms with Gasteiger partial charge in [-0.2, -0.15) is 5.10 Å². The second kappa shape index (κ2) is 7.52. The third-order valence-electron chi connectivity index (χ3n) is 4.58. The van der Waals surface area contributed by atoms with E-state index in [0.717, 1.165) is 5.56 Å². The summed E-state index contributed by atoms with van der Waals surface area (Å²) in [6.45, 7) is 2.12. The fraction of sp³-hybridized carbons (Fsp3) is 0.136. The Bertz CT molecular complexity index is 1160. The molecule has 0 saturated carbocycles. The van der Waals surface area contributed by atoms with Gasteiger partial charge in [-0.25, -0.2) is 4.68 Å². The summed E-state index contributed by atoms with van der Waals surface area (Å²) >= 11 is 0. The van der Waals surface area contributed by atoms with Crippen LogP contribution in [0.25, 0.3) is 10.8 Å². The molecule has 4 aromatic rings. The van der Waals surface area contributed by atoms with Crippen molar-refractivity contribution in [2.45, 2.75) is 19.5 Å². The van der Waals surface area contributed by atoms with E-state index in [-0.39, 0.29) is 23.2 Å². The molecule has 28 heavy (non-hydrogen) atoms. The Morgan fingerprint density at radius 1 is 1.04 bits per heavy atom. The molecule has 0 saturated heterocycles. The molecule has 0 fully saturated rings. The van der Waals surface area contributed by atoms with E-state index in [1.807, 2.05) is 37.3 Å². The molecule has 6 heteroatoms. The summed E-state index contributed by atoms with van der Waals surface area (Å²) in [4.78, 5) is 25.8. The Morgan fingerprint density at radius 3 is 2.46 bits per heavy atom. The summed E-state index contributed by atoms with van der Waals surface area (Å²) in [5, 5.41) is 8.27. The molecule has 6 nitrogen and oxygen atoms in total. The number of fused-ring (bicyclic) bond motifs is 1. The number of carbonyl (C=O) groups is 1. The van der Waals surface area contributed by atoms with Gasteiger partial charge < -0.3 is 9.73 Å². The van der Waals surface area contributed by atoms with Gasteiger partial charge >= 0.3 is 0 Å². The van der Waals surface area contributed by atoms with E-state index in [2.05, 4.69) is 10.4 Å². The van der Waals surface area contributed by atoms with Crippen LogP contribution in [-0.4, -0.2) is 15.7 Å². The lowest BCUT2D eigenvalue weighted by Crippen LogP contribution is -2.32. The van der Waals surface area contributed by atoms with E-state index in [9.17, 15) is 9.59 Å². The number of hydrogen-bond donors (Lipinski definition) is 1. The maximum absolute atomic E-state index is 12.9. The van der Waals surface area contributed by atoms with Crippen molar-refractivity contribution in [2.75, 3.05) is 0 Å². The topological polar surface area (TPSA) is 77.1 Å². The van der Waals surface area contributed by atoms with Crippen molar-refractivity contribution in [2.24, 2.45) is 0 Å². The molecule has 1 unspecified atom stereocenters. The molecular weight excluding hydrogens is 354 g/mol. The Kier molecular flexibility index (Phi) is 4.76. The maximum atomic E-state index is 12.9. The van der Waals surface area contributed by atoms with Crippen LogP contribution >= 0.6 is 0 Å². The van der Waals surface area contributed by atoms with Gasteiger partial charge in [0.05, 0.1) is 24.2 Å². The highest BCUT2D eigenvalue weighted by atomic mass is 16.3. The Balaban J connectivity index is 1.75. The minimum Gasteiger partial charge on any atom is -0.467 e. The van der Waals surface area contributed by atoms with Gasteiger partial charge in [-0.1, -0.05) is 48.5 Å². The first-order valence-corrected chi connectivity index (χ1v) is 9.01. The summed E-state index contributed by atoms with van der Waals surface area (Å²) in [5.74, 6) is 0.289. The highest BCUT2D eigenvalue weighted by Gasteiger charge is 2.19. The predicted octanol–water partition coefficient (Wildman–Crippen LogP) is 3.53. The van der Waals surface area contributed by atoms with E-state index >= 15 is 0 Å². The van der Waals surface area contributed by atoms with Gasteiger partial charge in [-0.15, -0.1) is 0 Å². The first kappa shape index (κ1) is 17.7. The molecule has 0 spiro atoms. The van der Waals surface area contributed by atoms with Crippen LogP contribution in [0.4, 0.5) is 0 Å². The molecule has 0 aliphatic carbocycles. The molecule has 2 heterocycles. The van der Waals surface area contributed by atoms with Crippen molar-refractivity contribution in [3.05, 3.63) is 100 Å². The Labute approximate surface area is 161 Å². The third kappa shape index (κ3) is 3.44. The number of amides is 1. The van der Waals surface area contributed by atoms with Crippen molar-refractivity contribution < 1.29 is 9.21 Å². The molecular formula is C22H19N3O3. The smallest absolute Gasteiger partial charge is 0.274 e. The molecule has 0 bridgehead atoms. The van der Waals surface area contributed by atoms with Crippen LogP contribution in [0.15, 0.2) is 82.2 Å². The van der Waals surface area contributed by atoms with Crippen LogP contribution in [0.1, 0.15) is 34.8 Å². The van der Waals surface area contributed by atoms with Crippen LogP contribution < -0.4 is 10.9 Å². The molecule has 1 N–H and O–H groups in total. The number of nitrogens with one attached hydrogen (secondary N) is 1. The van der Waals surface area contributed by atoms with Crippen molar-refractivity contribution in [1.82, 2.24) is 15.1 Å². The molecule has 0 aliphatic heterocycles. The van der Waals surface area contributed by atoms with Crippen molar-refractivity contribution in [1.29, 1.82) is 0 Å². The fourth-order valence-electron chi connectivity index (χ4n) is 3.14. The van der Waals surface area contributed by atoms with Crippen molar-refractivity contribution >= 4 is 16.7 Å². The van der Waals surface area contributed by atoms with Gasteiger partial charge in [0.25, 0.3) is 11.5 Å². The summed E-state index contributed by atoms with van der Waals surface area (Å²) in [5.41, 5.74) is 0.919. The largest absolute Gasteiger partial charge is 0.467 e. The number of hydrogen-bond acceptors (Lipinski definition) is 4. The number of nitrogens with zero attached hydrogens (tertiary/aromatic N) is 2. The number of carbonyl (C=O) groups excluding carboxylic acids is 1. The SMILES string of the molecule is CC(NC(=O)c1nn(Cc2ccccc2)c(=O)c2ccccc12)c1ccco1. The van der Waals surface area contributed by atoms with E-state index in [1.54, 1.807) is 42.7 Å². The van der Waals surface area contributed by atoms with Gasteiger partial charge in [-0.05, 0) is 30.7 Å². The lowest BCUT2D eigenvalue weighted by Gasteiger charge is -2.14. The van der Waals surface area contributed by atoms with Crippen LogP contribution in [-0.2, 0) is 6.54 Å². The predicted molar refractivity (Wildman–Crippen MR) is 106 cm³/mol. The molecule has 2 aromatic heterocycles. The molecule has 2 aromatic carbocycles. The van der Waals surface area contributed by atoms with Gasteiger partial charge in [0.1, 0.15) is 5.76 Å². The molecule has 4 rings (SSSR count). The van der Waals surface area contributed by atoms with Gasteiger partial charge in [0, 0.05) is 5.39 Å². The van der Waals surface area contributed by atoms with Gasteiger partial charge in [0.15, 0.2) is 5.69 Å². The highest BCUT2D eigenvalue weighted by Crippen LogP contribution is 2.17. The summed E-state index contributed by atoms with van der Waals surface area (Å²) in [6.07, 6.45) is 1.56. The second-order valence-corrected chi connectivity index (χ2v) is 6.55. The maximum Gasteiger partial charge on any atom is 0.274 e. The zero-order valence-electron chi connectivity index (χ0n) is 15.3. The van der Waals surface area contributed by atoms with Crippen LogP contribution in [0.2, 0.25) is 0 Å². The normalized spacial score (nSPS) is 12.0. The lowest BCUT2D eigenvalue weighted by molar-refractivity contribution is 0.0930. The standard InChI is InChI=1S/C22H19N3O3/c1-15(19-12-7-13-28-19)23-21(26)20-17-10-5-6-11-18(17)22(27)25(24-20)14-16-8-3-2-4-9-16/h2-13,15H,14H2,1H3,(H,23,26). The van der Waals surface area contributed by atoms with Crippen LogP contribution in [0, 0.1) is 0 Å². The minimum absolute atomic E-state index is 0.213. The summed E-state index contributed by atoms with van der Waals surface area (Å²) < 4.78 is 6.69. The van der Waals surface area contributed by atoms with Crippen molar-refractivity contribution in [3.63, 3.8) is 0 Å². The third-order valence-corrected chi connectivity index (χ3v) is 4.58. The molecule has 1 atom stereocenters. The molecule has 1 amide bonds. The number of rotatable bonds is 5. The Hall–Kier alpha value is -3.67. The van der Waals surface area contributed by atoms with Crippen LogP contribution in [0.5, 0.6) is 0 Å². The van der Waals surface area contributed by atoms with Gasteiger partial charge in [-0.3, -0.25) is 9.59 Å². The zero-order chi connectivity index (χ0) is 19.5. The van der Waals surface area contributed by atoms with E-state index in [4.69, 9.17) is 4.42 Å². The summed E-state index contributed by atoms with van der Waals surface area (Å²) in [7, 11) is 0. The first-order valence-electron chi connectivity index (χ1n) is 9.01. The molecule has 0 radical (unpaired) electrons. The quantitative estimate of drug-likeness (QED) is 0.581. The highest BCUT2D eigenvalue weighted by molar-refractivity contribution is 6.04. The average molecular weight is 373 g/mol. The number of aromatic nitrogens is 2. The minimum atomic E-state index is -0.359. The Morgan fingerprint density at radius 2 is 1.75 bits per heavy atom. The van der Waals surface area contributed by atoms with Gasteiger partial charge in [0.2, 0.25) is 0 Å². The lowest BCUT2D eigenvalue weighted by atomic mass is 10.1. The second-order valence-electron chi connectivity index (χ2n) is 6.55. The van der Waals surface area contributed by atoms with E-state index in [1.165, 1.54) is 4.68 Å². The monoisotopic (exact) mass is 373 g/mol. The fourth-order valence-corrected chi connectivity index (χ4v) is 3.14. The number of benzene rings is 2. The number of furan rings is 1. The molecule has 0 aliphatic rings. The van der Waals surface area contributed by atoms with Crippen LogP contribution in [0.3, 0.4) is 0 Å².